The summed E-state index contributed by atoms with van der Waals surface area (Å²) in [5.74, 6) is -3.16. The summed E-state index contributed by atoms with van der Waals surface area (Å²) in [6, 6.07) is 7.81. The summed E-state index contributed by atoms with van der Waals surface area (Å²) in [6.45, 7) is 1.98. The van der Waals surface area contributed by atoms with Crippen molar-refractivity contribution in [3.8, 4) is 0 Å². The van der Waals surface area contributed by atoms with Gasteiger partial charge in [0.15, 0.2) is 0 Å². The average Bonchev–Trinajstić information content (AvgIpc) is 3.18. The lowest BCUT2D eigenvalue weighted by molar-refractivity contribution is -0.145. The molecule has 0 spiro atoms. The number of aliphatic carboxylic acids is 2. The maximum absolute atomic E-state index is 11.4. The zero-order chi connectivity index (χ0) is 14.9. The molecule has 1 aliphatic rings. The summed E-state index contributed by atoms with van der Waals surface area (Å²) < 4.78 is 0. The fourth-order valence-electron chi connectivity index (χ4n) is 2.59. The van der Waals surface area contributed by atoms with Crippen LogP contribution in [0.15, 0.2) is 24.3 Å². The van der Waals surface area contributed by atoms with Crippen molar-refractivity contribution in [2.24, 2.45) is 17.6 Å². The first-order valence-corrected chi connectivity index (χ1v) is 6.65. The number of benzene rings is 1. The van der Waals surface area contributed by atoms with Crippen molar-refractivity contribution in [3.05, 3.63) is 35.4 Å². The first-order valence-electron chi connectivity index (χ1n) is 6.65. The fourth-order valence-corrected chi connectivity index (χ4v) is 2.59. The lowest BCUT2D eigenvalue weighted by Crippen LogP contribution is -2.51. The molecule has 1 aromatic rings. The van der Waals surface area contributed by atoms with Gasteiger partial charge in [-0.1, -0.05) is 29.8 Å². The Labute approximate surface area is 117 Å². The number of carbonyl (C=O) groups is 2. The molecule has 1 fully saturated rings. The van der Waals surface area contributed by atoms with E-state index in [4.69, 9.17) is 10.8 Å². The molecule has 3 atom stereocenters. The number of carboxylic acid groups (broad SMARTS) is 2. The third-order valence-corrected chi connectivity index (χ3v) is 4.12. The van der Waals surface area contributed by atoms with E-state index in [1.165, 1.54) is 0 Å². The molecule has 3 unspecified atom stereocenters. The van der Waals surface area contributed by atoms with Crippen molar-refractivity contribution in [2.45, 2.75) is 31.7 Å². The van der Waals surface area contributed by atoms with Crippen molar-refractivity contribution in [3.63, 3.8) is 0 Å². The third kappa shape index (κ3) is 2.82. The van der Waals surface area contributed by atoms with Crippen LogP contribution >= 0.6 is 0 Å². The maximum atomic E-state index is 11.4. The van der Waals surface area contributed by atoms with E-state index in [0.29, 0.717) is 12.8 Å². The third-order valence-electron chi connectivity index (χ3n) is 4.12. The average molecular weight is 277 g/mol. The second kappa shape index (κ2) is 5.25. The van der Waals surface area contributed by atoms with Gasteiger partial charge in [-0.2, -0.15) is 0 Å². The van der Waals surface area contributed by atoms with Crippen LogP contribution in [0.4, 0.5) is 0 Å². The van der Waals surface area contributed by atoms with Crippen LogP contribution in [-0.4, -0.2) is 27.7 Å². The molecule has 0 radical (unpaired) electrons. The molecule has 0 saturated heterocycles. The maximum Gasteiger partial charge on any atom is 0.324 e. The van der Waals surface area contributed by atoms with Gasteiger partial charge in [-0.15, -0.1) is 0 Å². The normalized spacial score (nSPS) is 23.9. The van der Waals surface area contributed by atoms with E-state index in [2.05, 4.69) is 0 Å². The quantitative estimate of drug-likeness (QED) is 0.730. The molecule has 1 aromatic carbocycles. The van der Waals surface area contributed by atoms with Gasteiger partial charge in [0.1, 0.15) is 5.54 Å². The van der Waals surface area contributed by atoms with Gasteiger partial charge >= 0.3 is 11.9 Å². The Kier molecular flexibility index (Phi) is 3.81. The van der Waals surface area contributed by atoms with Crippen LogP contribution in [0.5, 0.6) is 0 Å². The predicted octanol–water partition coefficient (Wildman–Crippen LogP) is 1.43. The number of nitrogens with two attached hydrogens (primary N) is 1. The first-order chi connectivity index (χ1) is 9.34. The van der Waals surface area contributed by atoms with Crippen molar-refractivity contribution in [1.82, 2.24) is 0 Å². The van der Waals surface area contributed by atoms with Crippen LogP contribution in [0.3, 0.4) is 0 Å². The van der Waals surface area contributed by atoms with Crippen molar-refractivity contribution in [1.29, 1.82) is 0 Å². The Balaban J connectivity index is 2.05. The van der Waals surface area contributed by atoms with Gasteiger partial charge in [0.25, 0.3) is 0 Å². The molecule has 0 heterocycles. The number of carboxylic acids is 2. The highest BCUT2D eigenvalue weighted by atomic mass is 16.4. The van der Waals surface area contributed by atoms with Gasteiger partial charge in [0, 0.05) is 5.92 Å². The molecule has 1 saturated carbocycles. The standard InChI is InChI=1S/C15H19NO4/c1-9-2-4-10(5-3-9)6-7-15(16,14(19)20)12-8-11(12)13(17)18/h2-5,11-12H,6-8,16H2,1H3,(H,17,18)(H,19,20). The van der Waals surface area contributed by atoms with Crippen LogP contribution in [0, 0.1) is 18.8 Å². The van der Waals surface area contributed by atoms with E-state index in [1.54, 1.807) is 0 Å². The predicted molar refractivity (Wildman–Crippen MR) is 73.3 cm³/mol. The zero-order valence-corrected chi connectivity index (χ0v) is 11.4. The highest BCUT2D eigenvalue weighted by Crippen LogP contribution is 2.47. The van der Waals surface area contributed by atoms with E-state index < -0.39 is 29.3 Å². The monoisotopic (exact) mass is 277 g/mol. The summed E-state index contributed by atoms with van der Waals surface area (Å²) in [6.07, 6.45) is 1.14. The largest absolute Gasteiger partial charge is 0.481 e. The second-order valence-corrected chi connectivity index (χ2v) is 5.62. The summed E-state index contributed by atoms with van der Waals surface area (Å²) in [5, 5.41) is 18.3. The molecule has 5 nitrogen and oxygen atoms in total. The molecule has 5 heteroatoms. The van der Waals surface area contributed by atoms with E-state index in [9.17, 15) is 14.7 Å². The Morgan fingerprint density at radius 3 is 2.35 bits per heavy atom. The minimum absolute atomic E-state index is 0.250. The van der Waals surface area contributed by atoms with Gasteiger partial charge in [-0.3, -0.25) is 9.59 Å². The van der Waals surface area contributed by atoms with Crippen molar-refractivity contribution < 1.29 is 19.8 Å². The van der Waals surface area contributed by atoms with Gasteiger partial charge in [-0.05, 0) is 31.7 Å². The Morgan fingerprint density at radius 2 is 1.90 bits per heavy atom. The van der Waals surface area contributed by atoms with Crippen LogP contribution in [0.1, 0.15) is 24.0 Å². The van der Waals surface area contributed by atoms with E-state index in [-0.39, 0.29) is 6.42 Å². The molecule has 2 rings (SSSR count). The van der Waals surface area contributed by atoms with E-state index in [0.717, 1.165) is 11.1 Å². The molecule has 0 bridgehead atoms. The number of hydrogen-bond acceptors (Lipinski definition) is 3. The molecule has 1 aliphatic carbocycles. The topological polar surface area (TPSA) is 101 Å². The molecule has 0 amide bonds. The molecule has 20 heavy (non-hydrogen) atoms. The summed E-state index contributed by atoms with van der Waals surface area (Å²) >= 11 is 0. The van der Waals surface area contributed by atoms with Crippen LogP contribution in [0.2, 0.25) is 0 Å². The summed E-state index contributed by atoms with van der Waals surface area (Å²) in [5.41, 5.74) is 6.69. The molecular formula is C15H19NO4. The van der Waals surface area contributed by atoms with E-state index >= 15 is 0 Å². The lowest BCUT2D eigenvalue weighted by Gasteiger charge is -2.25. The Hall–Kier alpha value is -1.88. The smallest absolute Gasteiger partial charge is 0.324 e. The van der Waals surface area contributed by atoms with Crippen molar-refractivity contribution >= 4 is 11.9 Å². The van der Waals surface area contributed by atoms with Gasteiger partial charge in [0.2, 0.25) is 0 Å². The lowest BCUT2D eigenvalue weighted by atomic mass is 9.86. The molecule has 0 aliphatic heterocycles. The number of aryl methyl sites for hydroxylation is 2. The first kappa shape index (κ1) is 14.5. The molecular weight excluding hydrogens is 258 g/mol. The highest BCUT2D eigenvalue weighted by Gasteiger charge is 2.57. The summed E-state index contributed by atoms with van der Waals surface area (Å²) in [7, 11) is 0. The zero-order valence-electron chi connectivity index (χ0n) is 11.4. The minimum atomic E-state index is -1.45. The van der Waals surface area contributed by atoms with E-state index in [1.807, 2.05) is 31.2 Å². The molecule has 0 aromatic heterocycles. The number of rotatable bonds is 6. The van der Waals surface area contributed by atoms with Crippen LogP contribution < -0.4 is 5.73 Å². The van der Waals surface area contributed by atoms with Crippen molar-refractivity contribution in [2.75, 3.05) is 0 Å². The number of hydrogen-bond donors (Lipinski definition) is 3. The van der Waals surface area contributed by atoms with Crippen LogP contribution in [-0.2, 0) is 16.0 Å². The molecule has 108 valence electrons. The Bertz CT molecular complexity index is 525. The SMILES string of the molecule is Cc1ccc(CCC(N)(C(=O)O)C2CC2C(=O)O)cc1. The second-order valence-electron chi connectivity index (χ2n) is 5.62. The van der Waals surface area contributed by atoms with Gasteiger partial charge < -0.3 is 15.9 Å². The van der Waals surface area contributed by atoms with Gasteiger partial charge in [-0.25, -0.2) is 0 Å². The summed E-state index contributed by atoms with van der Waals surface area (Å²) in [4.78, 5) is 22.3. The fraction of sp³-hybridized carbons (Fsp3) is 0.467. The Morgan fingerprint density at radius 1 is 1.30 bits per heavy atom. The highest BCUT2D eigenvalue weighted by molar-refractivity contribution is 5.83. The molecule has 4 N–H and O–H groups in total. The minimum Gasteiger partial charge on any atom is -0.481 e. The van der Waals surface area contributed by atoms with Crippen LogP contribution in [0.25, 0.3) is 0 Å². The van der Waals surface area contributed by atoms with Gasteiger partial charge in [0.05, 0.1) is 5.92 Å².